The van der Waals surface area contributed by atoms with Crippen molar-refractivity contribution in [2.75, 3.05) is 39.6 Å². The average molecular weight is 1300 g/mol. The first-order valence-corrected chi connectivity index (χ1v) is 32.3. The maximum Gasteiger partial charge on any atom is 0.437 e. The van der Waals surface area contributed by atoms with Gasteiger partial charge in [-0.3, -0.25) is 19.2 Å². The van der Waals surface area contributed by atoms with Crippen LogP contribution in [-0.4, -0.2) is 128 Å². The van der Waals surface area contributed by atoms with Crippen LogP contribution in [0.25, 0.3) is 0 Å². The van der Waals surface area contributed by atoms with Crippen molar-refractivity contribution in [2.24, 2.45) is 75.4 Å². The number of ketones is 1. The predicted molar refractivity (Wildman–Crippen MR) is 302 cm³/mol. The Kier molecular flexibility index (Phi) is 22.7. The van der Waals surface area contributed by atoms with Gasteiger partial charge in [-0.2, -0.15) is 26.3 Å². The third-order valence-corrected chi connectivity index (χ3v) is 21.0. The van der Waals surface area contributed by atoms with Crippen LogP contribution in [0.1, 0.15) is 203 Å². The average Bonchev–Trinajstić information content (AvgIpc) is 0.867. The van der Waals surface area contributed by atoms with Crippen molar-refractivity contribution in [2.45, 2.75) is 238 Å². The van der Waals surface area contributed by atoms with Gasteiger partial charge in [0, 0.05) is 5.41 Å². The lowest BCUT2D eigenvalue weighted by atomic mass is 9.48. The van der Waals surface area contributed by atoms with Crippen molar-refractivity contribution >= 4 is 53.5 Å². The van der Waals surface area contributed by atoms with E-state index < -0.39 is 144 Å². The fourth-order valence-corrected chi connectivity index (χ4v) is 16.4. The van der Waals surface area contributed by atoms with Gasteiger partial charge >= 0.3 is 65.5 Å². The zero-order valence-electron chi connectivity index (χ0n) is 53.2. The summed E-state index contributed by atoms with van der Waals surface area (Å²) in [6.45, 7) is 10.8. The zero-order valence-corrected chi connectivity index (χ0v) is 53.2. The molecule has 17 nitrogen and oxygen atoms in total. The van der Waals surface area contributed by atoms with Gasteiger partial charge in [-0.15, -0.1) is 0 Å². The molecule has 1 atom stereocenters. The Morgan fingerprint density at radius 3 is 0.978 bits per heavy atom. The van der Waals surface area contributed by atoms with Crippen LogP contribution in [0.5, 0.6) is 0 Å². The minimum absolute atomic E-state index is 0.326. The first-order chi connectivity index (χ1) is 41.8. The van der Waals surface area contributed by atoms with Crippen molar-refractivity contribution in [1.82, 2.24) is 0 Å². The van der Waals surface area contributed by atoms with Gasteiger partial charge in [0.05, 0.1) is 29.6 Å². The second-order valence-electron chi connectivity index (χ2n) is 29.3. The van der Waals surface area contributed by atoms with Crippen molar-refractivity contribution in [1.29, 1.82) is 0 Å². The second kappa shape index (κ2) is 28.2. The van der Waals surface area contributed by atoms with Gasteiger partial charge in [-0.25, -0.2) is 32.8 Å². The van der Waals surface area contributed by atoms with Crippen LogP contribution in [0, 0.1) is 75.4 Å². The topological polar surface area (TPSA) is 227 Å². The first-order valence-electron chi connectivity index (χ1n) is 32.3. The van der Waals surface area contributed by atoms with Crippen LogP contribution in [0.4, 0.5) is 35.1 Å². The van der Waals surface area contributed by atoms with E-state index in [2.05, 4.69) is 14.2 Å². The van der Waals surface area contributed by atoms with Gasteiger partial charge in [-0.1, -0.05) is 27.7 Å². The van der Waals surface area contributed by atoms with Crippen molar-refractivity contribution < 1.29 is 116 Å². The minimum atomic E-state index is -4.46. The Morgan fingerprint density at radius 2 is 0.678 bits per heavy atom. The lowest BCUT2D eigenvalue weighted by molar-refractivity contribution is -0.217. The molecule has 12 bridgehead atoms. The molecule has 12 rings (SSSR count). The maximum absolute atomic E-state index is 14.5. The SMILES string of the molecule is CCC(C)(C)C(=O)OCCOC(=O)C(F)(F)C(=O)OC12CC3CC(CC(C3)C1)C2.CCC(C)(C)C(=O)OCCOC(=O)C(F)(F)CC(F)(F)CC(=O)C12CC3CC(CC(C3)C1)C2.CCC(C)C(=O)OCCOC(=O)C(F)(F)C(=O)OC12CC3CC(CC(C3)C1)C2. The summed E-state index contributed by atoms with van der Waals surface area (Å²) in [5, 5.41) is 0. The number of hydrogen-bond donors (Lipinski definition) is 0. The van der Waals surface area contributed by atoms with E-state index in [0.29, 0.717) is 130 Å². The van der Waals surface area contributed by atoms with Crippen molar-refractivity contribution in [3.63, 3.8) is 0 Å². The Balaban J connectivity index is 0.000000193. The fraction of sp³-hybridized carbons (Fsp3) is 0.862. The molecular formula is C65H92F8O17. The molecule has 0 N–H and O–H groups in total. The molecule has 1 unspecified atom stereocenters. The fourth-order valence-electron chi connectivity index (χ4n) is 16.4. The number of alkyl halides is 8. The van der Waals surface area contributed by atoms with Crippen LogP contribution < -0.4 is 0 Å². The summed E-state index contributed by atoms with van der Waals surface area (Å²) in [5.74, 6) is -26.0. The van der Waals surface area contributed by atoms with E-state index in [9.17, 15) is 78.3 Å². The quantitative estimate of drug-likeness (QED) is 0.0245. The van der Waals surface area contributed by atoms with Crippen molar-refractivity contribution in [3.8, 4) is 0 Å². The highest BCUT2D eigenvalue weighted by atomic mass is 19.3. The lowest BCUT2D eigenvalue weighted by Gasteiger charge is -2.56. The molecule has 0 aromatic heterocycles. The molecule has 0 aliphatic heterocycles. The molecular weight excluding hydrogens is 1200 g/mol. The Hall–Kier alpha value is -5.13. The molecule has 25 heteroatoms. The molecule has 0 spiro atoms. The number of carbonyl (C=O) groups excluding carboxylic acids is 9. The third kappa shape index (κ3) is 17.6. The van der Waals surface area contributed by atoms with E-state index >= 15 is 0 Å². The Bertz CT molecular complexity index is 2530. The van der Waals surface area contributed by atoms with Gasteiger partial charge in [0.1, 0.15) is 56.6 Å². The summed E-state index contributed by atoms with van der Waals surface area (Å²) < 4.78 is 153. The summed E-state index contributed by atoms with van der Waals surface area (Å²) in [4.78, 5) is 107. The van der Waals surface area contributed by atoms with Gasteiger partial charge in [0.2, 0.25) is 0 Å². The summed E-state index contributed by atoms with van der Waals surface area (Å²) in [6, 6.07) is 0. The van der Waals surface area contributed by atoms with Crippen LogP contribution in [-0.2, 0) is 81.0 Å². The summed E-state index contributed by atoms with van der Waals surface area (Å²) in [6.07, 6.45) is 13.0. The Morgan fingerprint density at radius 1 is 0.400 bits per heavy atom. The molecule has 12 aliphatic carbocycles. The molecule has 0 amide bonds. The van der Waals surface area contributed by atoms with Crippen LogP contribution in [0.2, 0.25) is 0 Å². The number of ether oxygens (including phenoxy) is 8. The van der Waals surface area contributed by atoms with Crippen LogP contribution in [0.3, 0.4) is 0 Å². The molecule has 0 heterocycles. The number of Topliss-reactive ketones (excluding diaryl/α,β-unsaturated/α-hetero) is 1. The van der Waals surface area contributed by atoms with E-state index in [1.807, 2.05) is 13.8 Å². The van der Waals surface area contributed by atoms with E-state index in [1.54, 1.807) is 41.5 Å². The summed E-state index contributed by atoms with van der Waals surface area (Å²) in [7, 11) is 0. The molecule has 0 radical (unpaired) electrons. The monoisotopic (exact) mass is 1300 g/mol. The molecule has 0 aromatic carbocycles. The number of halogens is 8. The van der Waals surface area contributed by atoms with E-state index in [4.69, 9.17) is 23.7 Å². The smallest absolute Gasteiger partial charge is 0.437 e. The Labute approximate surface area is 521 Å². The first kappa shape index (κ1) is 72.3. The highest BCUT2D eigenvalue weighted by Gasteiger charge is 2.62. The largest absolute Gasteiger partial charge is 0.462 e. The van der Waals surface area contributed by atoms with E-state index in [1.165, 1.54) is 0 Å². The van der Waals surface area contributed by atoms with Gasteiger partial charge in [0.15, 0.2) is 0 Å². The normalized spacial score (nSPS) is 30.5. The number of rotatable bonds is 27. The van der Waals surface area contributed by atoms with E-state index in [0.717, 1.165) is 57.8 Å². The van der Waals surface area contributed by atoms with Gasteiger partial charge in [-0.05, 0) is 216 Å². The molecule has 12 fully saturated rings. The molecule has 90 heavy (non-hydrogen) atoms. The molecule has 12 saturated carbocycles. The zero-order chi connectivity index (χ0) is 66.6. The second-order valence-corrected chi connectivity index (χ2v) is 29.3. The number of carbonyl (C=O) groups is 9. The number of hydrogen-bond acceptors (Lipinski definition) is 17. The predicted octanol–water partition coefficient (Wildman–Crippen LogP) is 12.3. The summed E-state index contributed by atoms with van der Waals surface area (Å²) >= 11 is 0. The van der Waals surface area contributed by atoms with E-state index in [-0.39, 0.29) is 19.1 Å². The molecule has 12 aliphatic rings. The third-order valence-electron chi connectivity index (χ3n) is 21.0. The van der Waals surface area contributed by atoms with Gasteiger partial charge < -0.3 is 37.9 Å². The number of esters is 8. The standard InChI is InChI=1S/C24H34F4O5.C21H30F2O6.C20H28F2O6/c1-4-21(2,3)19(30)32-5-6-33-20(31)24(27,28)14-23(25,26)13-18(29)22-10-15-7-16(11-22)9-17(8-15)12-22;1-4-19(2,3)16(24)27-5-6-28-17(25)21(22,23)18(26)29-20-10-13-7-14(11-20)9-15(8-13)12-20;1-3-12(2)16(23)26-4-5-27-17(24)20(21,22)18(25)28-19-9-13-6-14(10-19)8-15(7-13)11-19/h15-17H,4-14H2,1-3H3;13-15H,4-12H2,1-3H3;12-15H,3-11H2,1-2H3. The summed E-state index contributed by atoms with van der Waals surface area (Å²) in [5.41, 5.74) is -4.03. The highest BCUT2D eigenvalue weighted by Crippen LogP contribution is 2.62. The van der Waals surface area contributed by atoms with Crippen LogP contribution in [0.15, 0.2) is 0 Å². The van der Waals surface area contributed by atoms with Crippen molar-refractivity contribution in [3.05, 3.63) is 0 Å². The minimum Gasteiger partial charge on any atom is -0.462 e. The highest BCUT2D eigenvalue weighted by molar-refractivity contribution is 6.02. The molecule has 0 aromatic rings. The molecule has 510 valence electrons. The van der Waals surface area contributed by atoms with Gasteiger partial charge in [0.25, 0.3) is 5.92 Å². The lowest BCUT2D eigenvalue weighted by Crippen LogP contribution is -2.55. The molecule has 0 saturated heterocycles. The maximum atomic E-state index is 14.5. The van der Waals surface area contributed by atoms with Crippen LogP contribution >= 0.6 is 0 Å².